The lowest BCUT2D eigenvalue weighted by Crippen LogP contribution is -2.50. The summed E-state index contributed by atoms with van der Waals surface area (Å²) in [5.41, 5.74) is 0.522. The van der Waals surface area contributed by atoms with Crippen LogP contribution in [0.2, 0.25) is 0 Å². The van der Waals surface area contributed by atoms with Crippen LogP contribution in [0.3, 0.4) is 0 Å². The fourth-order valence-electron chi connectivity index (χ4n) is 3.40. The van der Waals surface area contributed by atoms with E-state index >= 15 is 0 Å². The smallest absolute Gasteiger partial charge is 0.0698 e. The molecule has 0 radical (unpaired) electrons. The van der Waals surface area contributed by atoms with Crippen molar-refractivity contribution in [3.05, 3.63) is 0 Å². The lowest BCUT2D eigenvalue weighted by molar-refractivity contribution is 0.00849. The molecule has 17 heavy (non-hydrogen) atoms. The average Bonchev–Trinajstić information content (AvgIpc) is 2.40. The molecule has 0 amide bonds. The van der Waals surface area contributed by atoms with Crippen molar-refractivity contribution in [2.75, 3.05) is 39.8 Å². The molecule has 2 fully saturated rings. The number of likely N-dealkylation sites (tertiary alicyclic amines) is 1. The first-order chi connectivity index (χ1) is 8.28. The zero-order chi connectivity index (χ0) is 12.1. The first-order valence-corrected chi connectivity index (χ1v) is 7.24. The molecular weight excluding hydrogens is 212 g/mol. The number of nitrogens with zero attached hydrogens (tertiary/aromatic N) is 1. The molecule has 0 saturated carbocycles. The highest BCUT2D eigenvalue weighted by Crippen LogP contribution is 2.32. The topological polar surface area (TPSA) is 24.5 Å². The van der Waals surface area contributed by atoms with Gasteiger partial charge in [0.1, 0.15) is 0 Å². The van der Waals surface area contributed by atoms with Crippen LogP contribution < -0.4 is 5.32 Å². The third kappa shape index (κ3) is 3.43. The molecule has 3 heteroatoms. The van der Waals surface area contributed by atoms with Crippen LogP contribution in [0, 0.1) is 5.41 Å². The zero-order valence-corrected chi connectivity index (χ0v) is 11.5. The van der Waals surface area contributed by atoms with Crippen molar-refractivity contribution in [1.82, 2.24) is 10.2 Å². The monoisotopic (exact) mass is 240 g/mol. The van der Waals surface area contributed by atoms with Crippen LogP contribution in [0.5, 0.6) is 0 Å². The summed E-state index contributed by atoms with van der Waals surface area (Å²) >= 11 is 0. The van der Waals surface area contributed by atoms with Crippen LogP contribution in [0.4, 0.5) is 0 Å². The second-order valence-corrected chi connectivity index (χ2v) is 5.87. The van der Waals surface area contributed by atoms with Gasteiger partial charge in [-0.2, -0.15) is 0 Å². The lowest BCUT2D eigenvalue weighted by Gasteiger charge is -2.43. The highest BCUT2D eigenvalue weighted by atomic mass is 16.5. The van der Waals surface area contributed by atoms with E-state index in [1.807, 2.05) is 7.11 Å². The standard InChI is InChI=1S/C14H28N2O/c1-3-14(7-5-8-15-11-14)12-16-9-4-6-13(10-16)17-2/h13,15H,3-12H2,1-2H3. The third-order valence-electron chi connectivity index (χ3n) is 4.67. The van der Waals surface area contributed by atoms with Crippen molar-refractivity contribution >= 4 is 0 Å². The van der Waals surface area contributed by atoms with Gasteiger partial charge in [0.2, 0.25) is 0 Å². The van der Waals surface area contributed by atoms with Crippen LogP contribution in [0.1, 0.15) is 39.0 Å². The molecule has 2 aliphatic rings. The minimum atomic E-state index is 0.467. The van der Waals surface area contributed by atoms with E-state index in [0.29, 0.717) is 11.5 Å². The van der Waals surface area contributed by atoms with Gasteiger partial charge < -0.3 is 15.0 Å². The summed E-state index contributed by atoms with van der Waals surface area (Å²) in [6.45, 7) is 8.43. The van der Waals surface area contributed by atoms with Crippen LogP contribution in [0.15, 0.2) is 0 Å². The summed E-state index contributed by atoms with van der Waals surface area (Å²) in [6.07, 6.45) is 7.04. The summed E-state index contributed by atoms with van der Waals surface area (Å²) in [5.74, 6) is 0. The van der Waals surface area contributed by atoms with E-state index < -0.39 is 0 Å². The summed E-state index contributed by atoms with van der Waals surface area (Å²) in [6, 6.07) is 0. The molecule has 0 aromatic heterocycles. The summed E-state index contributed by atoms with van der Waals surface area (Å²) in [7, 11) is 1.85. The van der Waals surface area contributed by atoms with Gasteiger partial charge in [0, 0.05) is 26.7 Å². The number of hydrogen-bond acceptors (Lipinski definition) is 3. The van der Waals surface area contributed by atoms with Gasteiger partial charge in [0.25, 0.3) is 0 Å². The van der Waals surface area contributed by atoms with E-state index in [1.165, 1.54) is 58.3 Å². The quantitative estimate of drug-likeness (QED) is 0.812. The molecule has 0 aliphatic carbocycles. The van der Waals surface area contributed by atoms with E-state index in [-0.39, 0.29) is 0 Å². The first kappa shape index (κ1) is 13.3. The van der Waals surface area contributed by atoms with Gasteiger partial charge in [-0.3, -0.25) is 0 Å². The van der Waals surface area contributed by atoms with Gasteiger partial charge in [-0.1, -0.05) is 6.92 Å². The minimum absolute atomic E-state index is 0.467. The largest absolute Gasteiger partial charge is 0.380 e. The van der Waals surface area contributed by atoms with Crippen LogP contribution >= 0.6 is 0 Å². The second kappa shape index (κ2) is 6.17. The van der Waals surface area contributed by atoms with Crippen molar-refractivity contribution in [2.24, 2.45) is 5.41 Å². The number of methoxy groups -OCH3 is 1. The molecule has 3 nitrogen and oxygen atoms in total. The molecule has 0 spiro atoms. The van der Waals surface area contributed by atoms with Gasteiger partial charge in [-0.05, 0) is 50.6 Å². The number of piperidine rings is 2. The van der Waals surface area contributed by atoms with Crippen molar-refractivity contribution in [3.8, 4) is 0 Å². The third-order valence-corrected chi connectivity index (χ3v) is 4.67. The second-order valence-electron chi connectivity index (χ2n) is 5.87. The Hall–Kier alpha value is -0.120. The molecular formula is C14H28N2O. The van der Waals surface area contributed by atoms with Crippen LogP contribution in [0.25, 0.3) is 0 Å². The van der Waals surface area contributed by atoms with Gasteiger partial charge in [0.05, 0.1) is 6.10 Å². The molecule has 2 saturated heterocycles. The maximum Gasteiger partial charge on any atom is 0.0698 e. The van der Waals surface area contributed by atoms with Crippen molar-refractivity contribution in [2.45, 2.75) is 45.1 Å². The molecule has 2 unspecified atom stereocenters. The molecule has 2 rings (SSSR count). The first-order valence-electron chi connectivity index (χ1n) is 7.24. The van der Waals surface area contributed by atoms with Crippen molar-refractivity contribution in [1.29, 1.82) is 0 Å². The Balaban J connectivity index is 1.88. The Bertz CT molecular complexity index is 226. The summed E-state index contributed by atoms with van der Waals surface area (Å²) in [4.78, 5) is 2.63. The molecule has 0 aromatic rings. The van der Waals surface area contributed by atoms with E-state index in [4.69, 9.17) is 4.74 Å². The van der Waals surface area contributed by atoms with Gasteiger partial charge in [-0.15, -0.1) is 0 Å². The van der Waals surface area contributed by atoms with E-state index in [0.717, 1.165) is 6.54 Å². The fraction of sp³-hybridized carbons (Fsp3) is 1.00. The molecule has 2 atom stereocenters. The Labute approximate surface area is 106 Å². The predicted octanol–water partition coefficient (Wildman–Crippen LogP) is 1.88. The number of rotatable bonds is 4. The Kier molecular flexibility index (Phi) is 4.83. The van der Waals surface area contributed by atoms with Crippen LogP contribution in [-0.4, -0.2) is 50.8 Å². The molecule has 0 bridgehead atoms. The van der Waals surface area contributed by atoms with Crippen molar-refractivity contribution < 1.29 is 4.74 Å². The molecule has 0 aromatic carbocycles. The highest BCUT2D eigenvalue weighted by Gasteiger charge is 2.33. The van der Waals surface area contributed by atoms with Crippen molar-refractivity contribution in [3.63, 3.8) is 0 Å². The zero-order valence-electron chi connectivity index (χ0n) is 11.5. The van der Waals surface area contributed by atoms with Gasteiger partial charge in [0.15, 0.2) is 0 Å². The highest BCUT2D eigenvalue weighted by molar-refractivity contribution is 4.88. The van der Waals surface area contributed by atoms with E-state index in [2.05, 4.69) is 17.1 Å². The number of hydrogen-bond donors (Lipinski definition) is 1. The summed E-state index contributed by atoms with van der Waals surface area (Å²) in [5, 5.41) is 3.58. The van der Waals surface area contributed by atoms with Crippen LogP contribution in [-0.2, 0) is 4.74 Å². The maximum atomic E-state index is 5.52. The van der Waals surface area contributed by atoms with E-state index in [1.54, 1.807) is 0 Å². The maximum absolute atomic E-state index is 5.52. The molecule has 2 aliphatic heterocycles. The minimum Gasteiger partial charge on any atom is -0.380 e. The Morgan fingerprint density at radius 2 is 2.29 bits per heavy atom. The number of nitrogens with one attached hydrogen (secondary N) is 1. The summed E-state index contributed by atoms with van der Waals surface area (Å²) < 4.78 is 5.52. The normalized spacial score (nSPS) is 36.0. The number of ether oxygens (including phenoxy) is 1. The SMILES string of the molecule is CCC1(CN2CCCC(OC)C2)CCCNC1. The molecule has 1 N–H and O–H groups in total. The van der Waals surface area contributed by atoms with Gasteiger partial charge >= 0.3 is 0 Å². The average molecular weight is 240 g/mol. The predicted molar refractivity (Wildman–Crippen MR) is 71.3 cm³/mol. The van der Waals surface area contributed by atoms with Gasteiger partial charge in [-0.25, -0.2) is 0 Å². The molecule has 2 heterocycles. The lowest BCUT2D eigenvalue weighted by atomic mass is 9.77. The molecule has 100 valence electrons. The fourth-order valence-corrected chi connectivity index (χ4v) is 3.40. The Morgan fingerprint density at radius 3 is 2.94 bits per heavy atom. The Morgan fingerprint density at radius 1 is 1.41 bits per heavy atom. The van der Waals surface area contributed by atoms with E-state index in [9.17, 15) is 0 Å².